The molecule has 2 unspecified atom stereocenters. The molecule has 2 heterocycles. The summed E-state index contributed by atoms with van der Waals surface area (Å²) in [6, 6.07) is -0.0109. The van der Waals surface area contributed by atoms with Crippen LogP contribution < -0.4 is 5.73 Å². The van der Waals surface area contributed by atoms with Crippen LogP contribution in [-0.2, 0) is 9.53 Å². The molecule has 0 aromatic carbocycles. The summed E-state index contributed by atoms with van der Waals surface area (Å²) in [6.45, 7) is 2.66. The van der Waals surface area contributed by atoms with E-state index >= 15 is 0 Å². The quantitative estimate of drug-likeness (QED) is 0.840. The Kier molecular flexibility index (Phi) is 4.50. The molecular weight excluding hydrogens is 234 g/mol. The van der Waals surface area contributed by atoms with Gasteiger partial charge in [0.25, 0.3) is 0 Å². The van der Waals surface area contributed by atoms with Crippen LogP contribution in [0.1, 0.15) is 39.0 Å². The fourth-order valence-corrected chi connectivity index (χ4v) is 4.12. The molecule has 0 aliphatic carbocycles. The molecule has 2 aliphatic heterocycles. The van der Waals surface area contributed by atoms with Gasteiger partial charge in [0.1, 0.15) is 5.78 Å². The number of ketones is 1. The first kappa shape index (κ1) is 13.4. The third-order valence-electron chi connectivity index (χ3n) is 3.88. The van der Waals surface area contributed by atoms with Crippen LogP contribution in [0.3, 0.4) is 0 Å². The Hall–Kier alpha value is -0.0600. The largest absolute Gasteiger partial charge is 0.375 e. The molecule has 0 saturated carbocycles. The minimum absolute atomic E-state index is 0.0109. The third kappa shape index (κ3) is 3.46. The van der Waals surface area contributed by atoms with Gasteiger partial charge in [0, 0.05) is 25.0 Å². The number of hydrogen-bond donors (Lipinski definition) is 1. The Morgan fingerprint density at radius 3 is 2.88 bits per heavy atom. The Morgan fingerprint density at radius 2 is 2.24 bits per heavy atom. The molecule has 4 heteroatoms. The topological polar surface area (TPSA) is 52.3 Å². The van der Waals surface area contributed by atoms with Crippen molar-refractivity contribution in [3.05, 3.63) is 0 Å². The van der Waals surface area contributed by atoms with Gasteiger partial charge in [0.2, 0.25) is 0 Å². The van der Waals surface area contributed by atoms with Crippen molar-refractivity contribution in [3.63, 3.8) is 0 Å². The normalized spacial score (nSPS) is 30.1. The summed E-state index contributed by atoms with van der Waals surface area (Å²) < 4.78 is 5.99. The van der Waals surface area contributed by atoms with Crippen molar-refractivity contribution >= 4 is 17.5 Å². The summed E-state index contributed by atoms with van der Waals surface area (Å²) in [4.78, 5) is 12.1. The molecule has 0 bridgehead atoms. The number of thioether (sulfide) groups is 1. The molecular formula is C13H23NO2S. The van der Waals surface area contributed by atoms with Gasteiger partial charge in [0.15, 0.2) is 0 Å². The maximum Gasteiger partial charge on any atom is 0.137 e. The molecule has 0 aromatic rings. The SMILES string of the molecule is CC(N)CC(=O)C1CCOC2(CCSCC2)C1. The number of nitrogens with two attached hydrogens (primary N) is 1. The minimum atomic E-state index is -0.0109. The zero-order valence-electron chi connectivity index (χ0n) is 10.6. The third-order valence-corrected chi connectivity index (χ3v) is 4.86. The predicted molar refractivity (Wildman–Crippen MR) is 71.2 cm³/mol. The van der Waals surface area contributed by atoms with Crippen LogP contribution in [0.25, 0.3) is 0 Å². The van der Waals surface area contributed by atoms with Crippen LogP contribution in [0.4, 0.5) is 0 Å². The average Bonchev–Trinajstić information content (AvgIpc) is 2.29. The van der Waals surface area contributed by atoms with E-state index < -0.39 is 0 Å². The number of carbonyl (C=O) groups excluding carboxylic acids is 1. The highest BCUT2D eigenvalue weighted by atomic mass is 32.2. The maximum atomic E-state index is 12.1. The van der Waals surface area contributed by atoms with Gasteiger partial charge in [-0.25, -0.2) is 0 Å². The number of hydrogen-bond acceptors (Lipinski definition) is 4. The Balaban J connectivity index is 1.94. The van der Waals surface area contributed by atoms with Gasteiger partial charge in [-0.15, -0.1) is 0 Å². The number of Topliss-reactive ketones (excluding diaryl/α,β-unsaturated/α-hetero) is 1. The van der Waals surface area contributed by atoms with Crippen LogP contribution in [0.15, 0.2) is 0 Å². The van der Waals surface area contributed by atoms with E-state index in [1.807, 2.05) is 18.7 Å². The lowest BCUT2D eigenvalue weighted by molar-refractivity contribution is -0.138. The highest BCUT2D eigenvalue weighted by Gasteiger charge is 2.40. The first-order chi connectivity index (χ1) is 8.11. The van der Waals surface area contributed by atoms with Crippen LogP contribution >= 0.6 is 11.8 Å². The second kappa shape index (κ2) is 5.72. The van der Waals surface area contributed by atoms with Crippen LogP contribution in [0.2, 0.25) is 0 Å². The van der Waals surface area contributed by atoms with Crippen molar-refractivity contribution in [1.29, 1.82) is 0 Å². The summed E-state index contributed by atoms with van der Waals surface area (Å²) in [6.07, 6.45) is 4.56. The number of rotatable bonds is 3. The molecule has 2 rings (SSSR count). The van der Waals surface area contributed by atoms with Crippen molar-refractivity contribution in [1.82, 2.24) is 0 Å². The molecule has 2 fully saturated rings. The van der Waals surface area contributed by atoms with E-state index in [2.05, 4.69) is 0 Å². The van der Waals surface area contributed by atoms with E-state index in [0.717, 1.165) is 32.3 Å². The van der Waals surface area contributed by atoms with Gasteiger partial charge in [-0.1, -0.05) is 0 Å². The first-order valence-electron chi connectivity index (χ1n) is 6.61. The molecule has 17 heavy (non-hydrogen) atoms. The van der Waals surface area contributed by atoms with E-state index in [1.165, 1.54) is 11.5 Å². The predicted octanol–water partition coefficient (Wildman–Crippen LogP) is 1.99. The standard InChI is InChI=1S/C13H23NO2S/c1-10(14)8-12(15)11-2-5-16-13(9-11)3-6-17-7-4-13/h10-11H,2-9,14H2,1H3. The zero-order chi connectivity index (χ0) is 12.3. The fraction of sp³-hybridized carbons (Fsp3) is 0.923. The number of carbonyl (C=O) groups is 1. The lowest BCUT2D eigenvalue weighted by Crippen LogP contribution is -2.45. The lowest BCUT2D eigenvalue weighted by atomic mass is 9.79. The van der Waals surface area contributed by atoms with Gasteiger partial charge >= 0.3 is 0 Å². The van der Waals surface area contributed by atoms with E-state index in [9.17, 15) is 4.79 Å². The van der Waals surface area contributed by atoms with Crippen molar-refractivity contribution in [2.45, 2.75) is 50.7 Å². The summed E-state index contributed by atoms with van der Waals surface area (Å²) in [5, 5.41) is 0. The lowest BCUT2D eigenvalue weighted by Gasteiger charge is -2.43. The average molecular weight is 257 g/mol. The van der Waals surface area contributed by atoms with Crippen LogP contribution in [-0.4, -0.2) is 35.5 Å². The Labute approximate surface area is 108 Å². The van der Waals surface area contributed by atoms with Crippen LogP contribution in [0, 0.1) is 5.92 Å². The molecule has 1 spiro atoms. The van der Waals surface area contributed by atoms with Crippen molar-refractivity contribution in [2.24, 2.45) is 11.7 Å². The van der Waals surface area contributed by atoms with Crippen molar-refractivity contribution in [3.8, 4) is 0 Å². The Bertz CT molecular complexity index is 269. The summed E-state index contributed by atoms with van der Waals surface area (Å²) in [5.74, 6) is 2.89. The summed E-state index contributed by atoms with van der Waals surface area (Å²) >= 11 is 2.00. The van der Waals surface area contributed by atoms with Gasteiger partial charge in [0.05, 0.1) is 5.60 Å². The van der Waals surface area contributed by atoms with E-state index in [1.54, 1.807) is 0 Å². The van der Waals surface area contributed by atoms with Gasteiger partial charge in [-0.05, 0) is 44.1 Å². The second-order valence-corrected chi connectivity index (χ2v) is 6.71. The smallest absolute Gasteiger partial charge is 0.137 e. The highest BCUT2D eigenvalue weighted by molar-refractivity contribution is 7.99. The first-order valence-corrected chi connectivity index (χ1v) is 7.77. The van der Waals surface area contributed by atoms with Crippen molar-refractivity contribution < 1.29 is 9.53 Å². The highest BCUT2D eigenvalue weighted by Crippen LogP contribution is 2.40. The maximum absolute atomic E-state index is 12.1. The van der Waals surface area contributed by atoms with Crippen molar-refractivity contribution in [2.75, 3.05) is 18.1 Å². The van der Waals surface area contributed by atoms with Gasteiger partial charge in [-0.2, -0.15) is 11.8 Å². The summed E-state index contributed by atoms with van der Waals surface area (Å²) in [7, 11) is 0. The Morgan fingerprint density at radius 1 is 1.53 bits per heavy atom. The molecule has 3 nitrogen and oxygen atoms in total. The fourth-order valence-electron chi connectivity index (χ4n) is 2.88. The zero-order valence-corrected chi connectivity index (χ0v) is 11.4. The molecule has 0 amide bonds. The van der Waals surface area contributed by atoms with E-state index in [4.69, 9.17) is 10.5 Å². The van der Waals surface area contributed by atoms with E-state index in [-0.39, 0.29) is 17.6 Å². The molecule has 2 saturated heterocycles. The molecule has 0 aromatic heterocycles. The molecule has 2 aliphatic rings. The number of ether oxygens (including phenoxy) is 1. The molecule has 98 valence electrons. The molecule has 0 radical (unpaired) electrons. The second-order valence-electron chi connectivity index (χ2n) is 5.48. The minimum Gasteiger partial charge on any atom is -0.375 e. The van der Waals surface area contributed by atoms with E-state index in [0.29, 0.717) is 12.2 Å². The van der Waals surface area contributed by atoms with Crippen LogP contribution in [0.5, 0.6) is 0 Å². The molecule has 2 atom stereocenters. The monoisotopic (exact) mass is 257 g/mol. The molecule has 2 N–H and O–H groups in total. The van der Waals surface area contributed by atoms with Gasteiger partial charge < -0.3 is 10.5 Å². The van der Waals surface area contributed by atoms with Gasteiger partial charge in [-0.3, -0.25) is 4.79 Å². The summed E-state index contributed by atoms with van der Waals surface area (Å²) in [5.41, 5.74) is 5.73.